The standard InChI is InChI=1S/C33H53NO20/c1-2-46-9-10-48-12-11-47-8-7-21(38)34-16-3-5-17(6-4-16)49-32-29(26(43)23(40)19(14-36)51-32)54-33-30(27(44)24(41)20(15-37)52-33)53-31-28(45)25(42)22(39)18(13-35)50-31/h3-6,18-20,22-33,35-37,39-45H,2,7-15H2,1H3,(H,34,38)/t18?,19?,20?,22-,23-,24-,25+,26+,27+,28?,29?,30?,31-,32+,33-/m1/s1. The van der Waals surface area contributed by atoms with Crippen molar-refractivity contribution in [2.24, 2.45) is 0 Å². The zero-order valence-electron chi connectivity index (χ0n) is 29.6. The van der Waals surface area contributed by atoms with Gasteiger partial charge >= 0.3 is 0 Å². The molecule has 6 unspecified atom stereocenters. The van der Waals surface area contributed by atoms with Gasteiger partial charge in [0.15, 0.2) is 18.7 Å². The minimum absolute atomic E-state index is 0.0715. The molecule has 0 radical (unpaired) electrons. The Hall–Kier alpha value is -2.23. The quantitative estimate of drug-likeness (QED) is 0.0551. The van der Waals surface area contributed by atoms with Crippen LogP contribution in [-0.4, -0.2) is 209 Å². The van der Waals surface area contributed by atoms with Crippen LogP contribution in [0.2, 0.25) is 0 Å². The molecule has 3 aliphatic heterocycles. The first-order valence-electron chi connectivity index (χ1n) is 17.6. The van der Waals surface area contributed by atoms with E-state index in [1.54, 1.807) is 0 Å². The van der Waals surface area contributed by atoms with Crippen LogP contribution in [0, 0.1) is 0 Å². The number of ether oxygens (including phenoxy) is 9. The predicted molar refractivity (Wildman–Crippen MR) is 177 cm³/mol. The molecule has 0 spiro atoms. The van der Waals surface area contributed by atoms with E-state index in [0.29, 0.717) is 38.7 Å². The summed E-state index contributed by atoms with van der Waals surface area (Å²) < 4.78 is 50.2. The molecule has 0 aromatic heterocycles. The Balaban J connectivity index is 1.42. The number of aliphatic hydroxyl groups excluding tert-OH is 10. The average molecular weight is 784 g/mol. The molecule has 0 saturated carbocycles. The van der Waals surface area contributed by atoms with Crippen LogP contribution < -0.4 is 10.1 Å². The number of hydrogen-bond acceptors (Lipinski definition) is 20. The van der Waals surface area contributed by atoms with Gasteiger partial charge in [0.2, 0.25) is 12.2 Å². The van der Waals surface area contributed by atoms with Gasteiger partial charge in [0.25, 0.3) is 0 Å². The van der Waals surface area contributed by atoms with Gasteiger partial charge in [-0.05, 0) is 31.2 Å². The fourth-order valence-electron chi connectivity index (χ4n) is 5.82. The summed E-state index contributed by atoms with van der Waals surface area (Å²) in [6.07, 6.45) is -25.8. The van der Waals surface area contributed by atoms with Crippen LogP contribution >= 0.6 is 0 Å². The van der Waals surface area contributed by atoms with E-state index >= 15 is 0 Å². The molecule has 310 valence electrons. The van der Waals surface area contributed by atoms with E-state index in [-0.39, 0.29) is 24.7 Å². The number of carbonyl (C=O) groups is 1. The zero-order chi connectivity index (χ0) is 39.4. The van der Waals surface area contributed by atoms with Gasteiger partial charge in [-0.15, -0.1) is 0 Å². The van der Waals surface area contributed by atoms with E-state index < -0.39 is 112 Å². The Morgan fingerprint density at radius 2 is 1.06 bits per heavy atom. The molecular formula is C33H53NO20. The Labute approximate surface area is 310 Å². The highest BCUT2D eigenvalue weighted by molar-refractivity contribution is 5.90. The first-order valence-corrected chi connectivity index (χ1v) is 17.6. The number of rotatable bonds is 20. The summed E-state index contributed by atoms with van der Waals surface area (Å²) in [5.74, 6) is -0.212. The molecule has 15 atom stereocenters. The highest BCUT2D eigenvalue weighted by Crippen LogP contribution is 2.34. The van der Waals surface area contributed by atoms with Gasteiger partial charge in [0.05, 0.1) is 59.3 Å². The van der Waals surface area contributed by atoms with Crippen molar-refractivity contribution < 1.29 is 98.5 Å². The molecule has 0 bridgehead atoms. The van der Waals surface area contributed by atoms with Crippen molar-refractivity contribution in [3.63, 3.8) is 0 Å². The van der Waals surface area contributed by atoms with E-state index in [1.807, 2.05) is 6.92 Å². The van der Waals surface area contributed by atoms with Crippen molar-refractivity contribution in [2.45, 2.75) is 105 Å². The molecule has 3 aliphatic rings. The summed E-state index contributed by atoms with van der Waals surface area (Å²) in [7, 11) is 0. The van der Waals surface area contributed by atoms with Gasteiger partial charge in [-0.2, -0.15) is 0 Å². The van der Waals surface area contributed by atoms with Crippen molar-refractivity contribution >= 4 is 11.6 Å². The van der Waals surface area contributed by atoms with Gasteiger partial charge in [-0.1, -0.05) is 0 Å². The topological polar surface area (TPSA) is 314 Å². The maximum Gasteiger partial charge on any atom is 0.229 e. The number of nitrogens with one attached hydrogen (secondary N) is 1. The highest BCUT2D eigenvalue weighted by atomic mass is 16.8. The molecule has 4 rings (SSSR count). The van der Waals surface area contributed by atoms with Gasteiger partial charge in [0.1, 0.15) is 72.9 Å². The van der Waals surface area contributed by atoms with Gasteiger partial charge in [0, 0.05) is 12.3 Å². The Bertz CT molecular complexity index is 1230. The summed E-state index contributed by atoms with van der Waals surface area (Å²) in [5.41, 5.74) is 0.402. The maximum atomic E-state index is 12.4. The normalized spacial score (nSPS) is 37.2. The van der Waals surface area contributed by atoms with Crippen molar-refractivity contribution in [3.05, 3.63) is 24.3 Å². The Morgan fingerprint density at radius 1 is 0.593 bits per heavy atom. The van der Waals surface area contributed by atoms with Crippen molar-refractivity contribution in [1.29, 1.82) is 0 Å². The van der Waals surface area contributed by atoms with E-state index in [1.165, 1.54) is 24.3 Å². The highest BCUT2D eigenvalue weighted by Gasteiger charge is 2.54. The second kappa shape index (κ2) is 21.9. The average Bonchev–Trinajstić information content (AvgIpc) is 3.17. The molecule has 21 nitrogen and oxygen atoms in total. The smallest absolute Gasteiger partial charge is 0.229 e. The summed E-state index contributed by atoms with van der Waals surface area (Å²) in [6.45, 7) is 1.89. The lowest BCUT2D eigenvalue weighted by molar-refractivity contribution is -0.389. The lowest BCUT2D eigenvalue weighted by atomic mass is 9.96. The summed E-state index contributed by atoms with van der Waals surface area (Å²) >= 11 is 0. The van der Waals surface area contributed by atoms with E-state index in [0.717, 1.165) is 0 Å². The monoisotopic (exact) mass is 783 g/mol. The lowest BCUT2D eigenvalue weighted by Crippen LogP contribution is -2.67. The second-order valence-electron chi connectivity index (χ2n) is 12.7. The second-order valence-corrected chi connectivity index (χ2v) is 12.7. The molecule has 0 aliphatic carbocycles. The number of hydrogen-bond donors (Lipinski definition) is 11. The zero-order valence-corrected chi connectivity index (χ0v) is 29.6. The molecule has 11 N–H and O–H groups in total. The predicted octanol–water partition coefficient (Wildman–Crippen LogP) is -5.09. The molecule has 21 heteroatoms. The van der Waals surface area contributed by atoms with Crippen LogP contribution in [-0.2, 0) is 42.7 Å². The van der Waals surface area contributed by atoms with Gasteiger partial charge < -0.3 is 99.0 Å². The van der Waals surface area contributed by atoms with Crippen LogP contribution in [0.25, 0.3) is 0 Å². The Kier molecular flexibility index (Phi) is 18.0. The third-order valence-corrected chi connectivity index (χ3v) is 8.89. The van der Waals surface area contributed by atoms with Crippen LogP contribution in [0.15, 0.2) is 24.3 Å². The molecule has 3 heterocycles. The number of amides is 1. The third-order valence-electron chi connectivity index (χ3n) is 8.89. The fourth-order valence-corrected chi connectivity index (χ4v) is 5.82. The van der Waals surface area contributed by atoms with Crippen molar-refractivity contribution in [3.8, 4) is 5.75 Å². The lowest BCUT2D eigenvalue weighted by Gasteiger charge is -2.48. The minimum atomic E-state index is -1.93. The summed E-state index contributed by atoms with van der Waals surface area (Å²) in [5, 5.41) is 106. The third kappa shape index (κ3) is 11.7. The molecule has 1 amide bonds. The van der Waals surface area contributed by atoms with Crippen LogP contribution in [0.4, 0.5) is 5.69 Å². The number of anilines is 1. The molecule has 54 heavy (non-hydrogen) atoms. The van der Waals surface area contributed by atoms with Crippen molar-refractivity contribution in [1.82, 2.24) is 0 Å². The number of aliphatic hydroxyl groups is 10. The minimum Gasteiger partial charge on any atom is -0.462 e. The molecule has 1 aromatic rings. The van der Waals surface area contributed by atoms with E-state index in [9.17, 15) is 55.9 Å². The molecule has 1 aromatic carbocycles. The molecular weight excluding hydrogens is 730 g/mol. The van der Waals surface area contributed by atoms with Crippen LogP contribution in [0.5, 0.6) is 5.75 Å². The number of carbonyl (C=O) groups excluding carboxylic acids is 1. The summed E-state index contributed by atoms with van der Waals surface area (Å²) in [6, 6.07) is 5.90. The maximum absolute atomic E-state index is 12.4. The summed E-state index contributed by atoms with van der Waals surface area (Å²) in [4.78, 5) is 12.4. The SMILES string of the molecule is CCOCCOCCOCCC(=O)Nc1ccc(O[C@H]2OC(CO)[C@@H](O)[C@H](O)C2O[C@H]2OC(CO)[C@@H](O)[C@H](O)C2O[C@H]2OC(CO)[C@@H](O)[C@H](O)C2O)cc1. The van der Waals surface area contributed by atoms with Gasteiger partial charge in [-0.3, -0.25) is 4.79 Å². The largest absolute Gasteiger partial charge is 0.462 e. The van der Waals surface area contributed by atoms with Crippen LogP contribution in [0.1, 0.15) is 13.3 Å². The Morgan fingerprint density at radius 3 is 1.61 bits per heavy atom. The first kappa shape index (κ1) is 44.5. The molecule has 3 fully saturated rings. The fraction of sp³-hybridized carbons (Fsp3) is 0.788. The number of benzene rings is 1. The van der Waals surface area contributed by atoms with Crippen LogP contribution in [0.3, 0.4) is 0 Å². The van der Waals surface area contributed by atoms with E-state index in [4.69, 9.17) is 42.6 Å². The van der Waals surface area contributed by atoms with Gasteiger partial charge in [-0.25, -0.2) is 0 Å². The molecule has 3 saturated heterocycles. The van der Waals surface area contributed by atoms with Crippen molar-refractivity contribution in [2.75, 3.05) is 64.8 Å². The van der Waals surface area contributed by atoms with E-state index in [2.05, 4.69) is 5.32 Å². The first-order chi connectivity index (χ1) is 25.9.